The molecule has 8 nitrogen and oxygen atoms in total. The summed E-state index contributed by atoms with van der Waals surface area (Å²) in [5, 5.41) is 0. The fourth-order valence-electron chi connectivity index (χ4n) is 4.61. The summed E-state index contributed by atoms with van der Waals surface area (Å²) in [7, 11) is 5.42. The first-order chi connectivity index (χ1) is 15.8. The van der Waals surface area contributed by atoms with Gasteiger partial charge in [0.25, 0.3) is 11.8 Å². The summed E-state index contributed by atoms with van der Waals surface area (Å²) in [6.07, 6.45) is 0.546. The van der Waals surface area contributed by atoms with Gasteiger partial charge in [0.2, 0.25) is 5.91 Å². The van der Waals surface area contributed by atoms with Crippen molar-refractivity contribution in [1.29, 1.82) is 0 Å². The van der Waals surface area contributed by atoms with Crippen LogP contribution in [0.4, 0.5) is 5.69 Å². The first-order valence-corrected chi connectivity index (χ1v) is 11.0. The highest BCUT2D eigenvalue weighted by Crippen LogP contribution is 2.31. The van der Waals surface area contributed by atoms with Crippen molar-refractivity contribution in [2.24, 2.45) is 0 Å². The summed E-state index contributed by atoms with van der Waals surface area (Å²) in [6, 6.07) is 15.1. The third kappa shape index (κ3) is 4.33. The summed E-state index contributed by atoms with van der Waals surface area (Å²) in [4.78, 5) is 57.9. The van der Waals surface area contributed by atoms with Gasteiger partial charge in [0, 0.05) is 44.5 Å². The van der Waals surface area contributed by atoms with Gasteiger partial charge in [-0.15, -0.1) is 0 Å². The smallest absolute Gasteiger partial charge is 0.254 e. The zero-order valence-corrected chi connectivity index (χ0v) is 19.1. The molecule has 8 heteroatoms. The van der Waals surface area contributed by atoms with E-state index in [4.69, 9.17) is 0 Å². The van der Waals surface area contributed by atoms with Crippen LogP contribution in [0, 0.1) is 0 Å². The fraction of sp³-hybridized carbons (Fsp3) is 0.360. The molecule has 2 heterocycles. The lowest BCUT2D eigenvalue weighted by Crippen LogP contribution is -2.47. The zero-order valence-electron chi connectivity index (χ0n) is 19.1. The number of carbonyl (C=O) groups excluding carboxylic acids is 4. The molecule has 0 radical (unpaired) electrons. The molecular weight excluding hydrogens is 420 g/mol. The monoisotopic (exact) mass is 448 g/mol. The highest BCUT2D eigenvalue weighted by Gasteiger charge is 2.51. The normalized spacial score (nSPS) is 19.4. The average Bonchev–Trinajstić information content (AvgIpc) is 3.40. The highest BCUT2D eigenvalue weighted by atomic mass is 16.2. The zero-order chi connectivity index (χ0) is 23.7. The van der Waals surface area contributed by atoms with E-state index in [1.54, 1.807) is 48.3 Å². The molecule has 2 saturated heterocycles. The van der Waals surface area contributed by atoms with Crippen molar-refractivity contribution in [2.45, 2.75) is 18.5 Å². The van der Waals surface area contributed by atoms with Crippen molar-refractivity contribution in [3.05, 3.63) is 65.7 Å². The van der Waals surface area contributed by atoms with Crippen LogP contribution in [0.2, 0.25) is 0 Å². The van der Waals surface area contributed by atoms with Crippen LogP contribution in [-0.4, -0.2) is 91.1 Å². The number of benzene rings is 2. The third-order valence-corrected chi connectivity index (χ3v) is 6.37. The molecule has 33 heavy (non-hydrogen) atoms. The lowest BCUT2D eigenvalue weighted by Gasteiger charge is -2.26. The Morgan fingerprint density at radius 3 is 2.21 bits per heavy atom. The second-order valence-corrected chi connectivity index (χ2v) is 8.76. The molecule has 172 valence electrons. The molecule has 3 amide bonds. The lowest BCUT2D eigenvalue weighted by molar-refractivity contribution is -0.136. The van der Waals surface area contributed by atoms with E-state index in [0.717, 1.165) is 5.69 Å². The summed E-state index contributed by atoms with van der Waals surface area (Å²) in [5.74, 6) is -0.878. The molecular formula is C25H28N4O4. The van der Waals surface area contributed by atoms with E-state index in [1.807, 2.05) is 37.2 Å². The topological polar surface area (TPSA) is 81.2 Å². The van der Waals surface area contributed by atoms with Gasteiger partial charge in [-0.05, 0) is 42.8 Å². The van der Waals surface area contributed by atoms with Gasteiger partial charge in [-0.1, -0.05) is 18.2 Å². The molecule has 0 unspecified atom stereocenters. The molecule has 4 rings (SSSR count). The van der Waals surface area contributed by atoms with Gasteiger partial charge in [-0.3, -0.25) is 19.2 Å². The van der Waals surface area contributed by atoms with Crippen LogP contribution in [0.5, 0.6) is 0 Å². The highest BCUT2D eigenvalue weighted by molar-refractivity contribution is 6.03. The van der Waals surface area contributed by atoms with Crippen molar-refractivity contribution < 1.29 is 19.2 Å². The minimum Gasteiger partial charge on any atom is -0.378 e. The Hall–Kier alpha value is -3.68. The van der Waals surface area contributed by atoms with Gasteiger partial charge in [0.05, 0.1) is 19.1 Å². The van der Waals surface area contributed by atoms with E-state index in [-0.39, 0.29) is 42.6 Å². The number of fused-ring (bicyclic) bond motifs is 1. The van der Waals surface area contributed by atoms with Gasteiger partial charge >= 0.3 is 0 Å². The van der Waals surface area contributed by atoms with Crippen LogP contribution < -0.4 is 4.90 Å². The number of nitrogens with zero attached hydrogens (tertiary/aromatic N) is 4. The second-order valence-electron chi connectivity index (χ2n) is 8.76. The largest absolute Gasteiger partial charge is 0.378 e. The number of likely N-dealkylation sites (N-methyl/N-ethyl adjacent to an activating group) is 1. The van der Waals surface area contributed by atoms with Crippen molar-refractivity contribution >= 4 is 29.2 Å². The van der Waals surface area contributed by atoms with Crippen LogP contribution in [0.1, 0.15) is 27.1 Å². The van der Waals surface area contributed by atoms with E-state index in [2.05, 4.69) is 0 Å². The number of rotatable bonds is 5. The van der Waals surface area contributed by atoms with E-state index in [1.165, 1.54) is 9.80 Å². The van der Waals surface area contributed by atoms with Gasteiger partial charge in [-0.25, -0.2) is 0 Å². The molecule has 0 aromatic heterocycles. The maximum atomic E-state index is 13.0. The minimum atomic E-state index is -0.645. The maximum Gasteiger partial charge on any atom is 0.254 e. The number of likely N-dealkylation sites (tertiary alicyclic amines) is 2. The summed E-state index contributed by atoms with van der Waals surface area (Å²) < 4.78 is 0. The third-order valence-electron chi connectivity index (χ3n) is 6.37. The van der Waals surface area contributed by atoms with Crippen LogP contribution in [0.3, 0.4) is 0 Å². The SMILES string of the molecule is CN(CC(=O)N1CC[C@@H]2[C@H]1C(=O)CN2C(=O)c1ccccc1)C(=O)c1ccc(N(C)C)cc1. The van der Waals surface area contributed by atoms with Crippen molar-refractivity contribution in [1.82, 2.24) is 14.7 Å². The predicted molar refractivity (Wildman–Crippen MR) is 124 cm³/mol. The molecule has 2 aromatic carbocycles. The number of anilines is 1. The Kier molecular flexibility index (Phi) is 6.18. The summed E-state index contributed by atoms with van der Waals surface area (Å²) in [6.45, 7) is 0.259. The van der Waals surface area contributed by atoms with E-state index < -0.39 is 6.04 Å². The molecule has 2 fully saturated rings. The molecule has 0 spiro atoms. The van der Waals surface area contributed by atoms with E-state index >= 15 is 0 Å². The molecule has 2 aliphatic rings. The van der Waals surface area contributed by atoms with Crippen molar-refractivity contribution in [3.8, 4) is 0 Å². The van der Waals surface area contributed by atoms with Gasteiger partial charge < -0.3 is 19.6 Å². The lowest BCUT2D eigenvalue weighted by atomic mass is 10.1. The number of Topliss-reactive ketones (excluding diaryl/α,β-unsaturated/α-hetero) is 1. The Bertz CT molecular complexity index is 1070. The summed E-state index contributed by atoms with van der Waals surface area (Å²) >= 11 is 0. The first-order valence-electron chi connectivity index (χ1n) is 11.0. The van der Waals surface area contributed by atoms with Crippen LogP contribution in [0.25, 0.3) is 0 Å². The summed E-state index contributed by atoms with van der Waals surface area (Å²) in [5.41, 5.74) is 2.00. The molecule has 0 N–H and O–H groups in total. The maximum absolute atomic E-state index is 13.0. The number of carbonyl (C=O) groups is 4. The standard InChI is InChI=1S/C25H28N4O4/c1-26(2)19-11-9-18(10-12-19)24(32)27(3)16-22(31)28-14-13-20-23(28)21(30)15-29(20)25(33)17-7-5-4-6-8-17/h4-12,20,23H,13-16H2,1-3H3/t20-,23+/m1/s1. The number of hydrogen-bond acceptors (Lipinski definition) is 5. The van der Waals surface area contributed by atoms with Crippen LogP contribution in [-0.2, 0) is 9.59 Å². The minimum absolute atomic E-state index is 0.000164. The van der Waals surface area contributed by atoms with E-state index in [0.29, 0.717) is 24.1 Å². The van der Waals surface area contributed by atoms with Crippen LogP contribution >= 0.6 is 0 Å². The fourth-order valence-corrected chi connectivity index (χ4v) is 4.61. The first kappa shape index (κ1) is 22.5. The molecule has 2 atom stereocenters. The average molecular weight is 449 g/mol. The predicted octanol–water partition coefficient (Wildman–Crippen LogP) is 1.52. The molecule has 2 aromatic rings. The van der Waals surface area contributed by atoms with Gasteiger partial charge in [0.1, 0.15) is 6.04 Å². The molecule has 2 aliphatic heterocycles. The Morgan fingerprint density at radius 2 is 1.58 bits per heavy atom. The number of amides is 3. The van der Waals surface area contributed by atoms with Crippen LogP contribution in [0.15, 0.2) is 54.6 Å². The van der Waals surface area contributed by atoms with Crippen molar-refractivity contribution in [2.75, 3.05) is 45.7 Å². The van der Waals surface area contributed by atoms with Crippen molar-refractivity contribution in [3.63, 3.8) is 0 Å². The second kappa shape index (κ2) is 9.05. The number of hydrogen-bond donors (Lipinski definition) is 0. The Balaban J connectivity index is 1.41. The van der Waals surface area contributed by atoms with E-state index in [9.17, 15) is 19.2 Å². The quantitative estimate of drug-likeness (QED) is 0.693. The van der Waals surface area contributed by atoms with Gasteiger partial charge in [-0.2, -0.15) is 0 Å². The number of ketones is 1. The molecule has 0 aliphatic carbocycles. The molecule has 0 saturated carbocycles. The Labute approximate surface area is 193 Å². The Morgan fingerprint density at radius 1 is 0.909 bits per heavy atom. The van der Waals surface area contributed by atoms with Gasteiger partial charge in [0.15, 0.2) is 5.78 Å². The molecule has 0 bridgehead atoms.